The highest BCUT2D eigenvalue weighted by Crippen LogP contribution is 2.38. The summed E-state index contributed by atoms with van der Waals surface area (Å²) in [5, 5.41) is 2.22. The lowest BCUT2D eigenvalue weighted by Crippen LogP contribution is -2.22. The van der Waals surface area contributed by atoms with Crippen LogP contribution in [0, 0.1) is 6.92 Å². The number of furan rings is 1. The fraction of sp³-hybridized carbons (Fsp3) is 0.316. The maximum Gasteiger partial charge on any atom is 0.227 e. The summed E-state index contributed by atoms with van der Waals surface area (Å²) in [5.74, 6) is 0.393. The van der Waals surface area contributed by atoms with E-state index >= 15 is 0 Å². The van der Waals surface area contributed by atoms with E-state index in [-0.39, 0.29) is 0 Å². The minimum Gasteiger partial charge on any atom is -0.435 e. The lowest BCUT2D eigenvalue weighted by Gasteiger charge is -2.20. The van der Waals surface area contributed by atoms with Gasteiger partial charge in [0, 0.05) is 35.9 Å². The molecule has 0 spiro atoms. The van der Waals surface area contributed by atoms with Crippen molar-refractivity contribution in [3.8, 4) is 0 Å². The van der Waals surface area contributed by atoms with E-state index in [4.69, 9.17) is 9.40 Å². The van der Waals surface area contributed by atoms with Gasteiger partial charge in [-0.1, -0.05) is 26.0 Å². The first-order valence-corrected chi connectivity index (χ1v) is 8.02. The Hall–Kier alpha value is -2.49. The monoisotopic (exact) mass is 307 g/mol. The predicted octanol–water partition coefficient (Wildman–Crippen LogP) is 4.59. The van der Waals surface area contributed by atoms with Crippen molar-refractivity contribution in [3.05, 3.63) is 47.9 Å². The van der Waals surface area contributed by atoms with E-state index in [1.807, 2.05) is 0 Å². The van der Waals surface area contributed by atoms with Crippen LogP contribution in [0.15, 0.2) is 41.1 Å². The summed E-state index contributed by atoms with van der Waals surface area (Å²) in [4.78, 5) is 9.09. The van der Waals surface area contributed by atoms with E-state index in [1.165, 1.54) is 5.56 Å². The molecule has 4 rings (SSSR count). The SMILES string of the molecule is Cc1ccc2c(oc3nc(C(C)C)ccc32)c1N1C=CN(C)C1. The maximum absolute atomic E-state index is 6.20. The second kappa shape index (κ2) is 5.01. The molecule has 3 aromatic rings. The average Bonchev–Trinajstić information content (AvgIpc) is 3.09. The quantitative estimate of drug-likeness (QED) is 0.693. The Bertz CT molecular complexity index is 923. The molecule has 2 aromatic heterocycles. The average molecular weight is 307 g/mol. The number of aromatic nitrogens is 1. The fourth-order valence-electron chi connectivity index (χ4n) is 3.17. The first-order valence-electron chi connectivity index (χ1n) is 8.02. The number of nitrogens with zero attached hydrogens (tertiary/aromatic N) is 3. The summed E-state index contributed by atoms with van der Waals surface area (Å²) in [7, 11) is 2.07. The first kappa shape index (κ1) is 14.1. The molecule has 0 radical (unpaired) electrons. The number of benzene rings is 1. The maximum atomic E-state index is 6.20. The number of rotatable bonds is 2. The molecule has 0 aliphatic carbocycles. The summed E-state index contributed by atoms with van der Waals surface area (Å²) < 4.78 is 6.20. The van der Waals surface area contributed by atoms with Gasteiger partial charge in [0.1, 0.15) is 0 Å². The van der Waals surface area contributed by atoms with Crippen molar-refractivity contribution in [2.75, 3.05) is 18.6 Å². The van der Waals surface area contributed by atoms with E-state index in [0.29, 0.717) is 5.92 Å². The predicted molar refractivity (Wildman–Crippen MR) is 94.6 cm³/mol. The molecular formula is C19H21N3O. The molecule has 4 nitrogen and oxygen atoms in total. The molecule has 0 saturated carbocycles. The third-order valence-electron chi connectivity index (χ3n) is 4.46. The van der Waals surface area contributed by atoms with E-state index in [2.05, 4.69) is 74.3 Å². The van der Waals surface area contributed by atoms with Crippen molar-refractivity contribution in [2.45, 2.75) is 26.7 Å². The van der Waals surface area contributed by atoms with Crippen LogP contribution in [0.5, 0.6) is 0 Å². The molecule has 0 atom stereocenters. The minimum absolute atomic E-state index is 0.393. The second-order valence-corrected chi connectivity index (χ2v) is 6.62. The summed E-state index contributed by atoms with van der Waals surface area (Å²) in [6.45, 7) is 7.26. The summed E-state index contributed by atoms with van der Waals surface area (Å²) in [6.07, 6.45) is 4.18. The Labute approximate surface area is 136 Å². The topological polar surface area (TPSA) is 32.5 Å². The van der Waals surface area contributed by atoms with Gasteiger partial charge in [-0.05, 0) is 30.5 Å². The van der Waals surface area contributed by atoms with Crippen molar-refractivity contribution in [1.29, 1.82) is 0 Å². The van der Waals surface area contributed by atoms with Crippen molar-refractivity contribution in [3.63, 3.8) is 0 Å². The van der Waals surface area contributed by atoms with Gasteiger partial charge < -0.3 is 14.2 Å². The van der Waals surface area contributed by atoms with Crippen LogP contribution < -0.4 is 4.90 Å². The molecule has 1 aliphatic heterocycles. The number of fused-ring (bicyclic) bond motifs is 3. The zero-order valence-corrected chi connectivity index (χ0v) is 14.0. The lowest BCUT2D eigenvalue weighted by molar-refractivity contribution is 0.495. The smallest absolute Gasteiger partial charge is 0.227 e. The van der Waals surface area contributed by atoms with Gasteiger partial charge in [0.15, 0.2) is 5.58 Å². The largest absolute Gasteiger partial charge is 0.435 e. The zero-order valence-electron chi connectivity index (χ0n) is 14.0. The Morgan fingerprint density at radius 3 is 2.57 bits per heavy atom. The van der Waals surface area contributed by atoms with E-state index in [1.54, 1.807) is 0 Å². The van der Waals surface area contributed by atoms with E-state index in [0.717, 1.165) is 40.1 Å². The van der Waals surface area contributed by atoms with Crippen LogP contribution in [-0.2, 0) is 0 Å². The van der Waals surface area contributed by atoms with Crippen LogP contribution in [0.3, 0.4) is 0 Å². The van der Waals surface area contributed by atoms with Crippen LogP contribution >= 0.6 is 0 Å². The summed E-state index contributed by atoms with van der Waals surface area (Å²) in [5.41, 5.74) is 5.06. The second-order valence-electron chi connectivity index (χ2n) is 6.62. The Kier molecular flexibility index (Phi) is 3.08. The minimum atomic E-state index is 0.393. The Morgan fingerprint density at radius 2 is 1.87 bits per heavy atom. The molecule has 0 N–H and O–H groups in total. The molecule has 23 heavy (non-hydrogen) atoms. The molecule has 3 heterocycles. The normalized spacial score (nSPS) is 14.8. The number of anilines is 1. The number of aryl methyl sites for hydroxylation is 1. The van der Waals surface area contributed by atoms with Crippen LogP contribution in [0.4, 0.5) is 5.69 Å². The highest BCUT2D eigenvalue weighted by molar-refractivity contribution is 6.08. The van der Waals surface area contributed by atoms with Gasteiger partial charge in [-0.15, -0.1) is 0 Å². The van der Waals surface area contributed by atoms with Crippen molar-refractivity contribution in [1.82, 2.24) is 9.88 Å². The standard InChI is InChI=1S/C19H21N3O/c1-12(2)16-8-7-15-14-6-5-13(3)17(18(14)23-19(15)20-16)22-10-9-21(4)11-22/h5-10,12H,11H2,1-4H3. The Morgan fingerprint density at radius 1 is 1.09 bits per heavy atom. The summed E-state index contributed by atoms with van der Waals surface area (Å²) >= 11 is 0. The van der Waals surface area contributed by atoms with Gasteiger partial charge in [-0.3, -0.25) is 0 Å². The van der Waals surface area contributed by atoms with Gasteiger partial charge in [-0.25, -0.2) is 4.98 Å². The third kappa shape index (κ3) is 2.17. The van der Waals surface area contributed by atoms with E-state index < -0.39 is 0 Å². The van der Waals surface area contributed by atoms with E-state index in [9.17, 15) is 0 Å². The van der Waals surface area contributed by atoms with Gasteiger partial charge in [0.25, 0.3) is 0 Å². The van der Waals surface area contributed by atoms with Gasteiger partial charge in [0.2, 0.25) is 5.71 Å². The molecule has 1 aliphatic rings. The number of hydrogen-bond acceptors (Lipinski definition) is 4. The van der Waals surface area contributed by atoms with Crippen LogP contribution in [-0.4, -0.2) is 23.6 Å². The molecule has 118 valence electrons. The number of pyridine rings is 1. The van der Waals surface area contributed by atoms with Crippen molar-refractivity contribution in [2.24, 2.45) is 0 Å². The lowest BCUT2D eigenvalue weighted by atomic mass is 10.1. The van der Waals surface area contributed by atoms with Gasteiger partial charge in [0.05, 0.1) is 12.4 Å². The molecule has 0 amide bonds. The highest BCUT2D eigenvalue weighted by Gasteiger charge is 2.20. The van der Waals surface area contributed by atoms with Gasteiger partial charge >= 0.3 is 0 Å². The highest BCUT2D eigenvalue weighted by atomic mass is 16.3. The molecule has 0 bridgehead atoms. The number of hydrogen-bond donors (Lipinski definition) is 0. The van der Waals surface area contributed by atoms with Crippen molar-refractivity contribution >= 4 is 27.8 Å². The molecule has 0 fully saturated rings. The van der Waals surface area contributed by atoms with Crippen LogP contribution in [0.25, 0.3) is 22.1 Å². The van der Waals surface area contributed by atoms with Crippen LogP contribution in [0.2, 0.25) is 0 Å². The molecule has 1 aromatic carbocycles. The fourth-order valence-corrected chi connectivity index (χ4v) is 3.17. The molecule has 0 unspecified atom stereocenters. The van der Waals surface area contributed by atoms with Gasteiger partial charge in [-0.2, -0.15) is 0 Å². The molecule has 0 saturated heterocycles. The van der Waals surface area contributed by atoms with Crippen molar-refractivity contribution < 1.29 is 4.42 Å². The first-order chi connectivity index (χ1) is 11.0. The Balaban J connectivity index is 1.97. The zero-order chi connectivity index (χ0) is 16.1. The third-order valence-corrected chi connectivity index (χ3v) is 4.46. The molecule has 4 heteroatoms. The molecular weight excluding hydrogens is 286 g/mol. The van der Waals surface area contributed by atoms with Crippen LogP contribution in [0.1, 0.15) is 31.0 Å². The summed E-state index contributed by atoms with van der Waals surface area (Å²) in [6, 6.07) is 8.54.